The van der Waals surface area contributed by atoms with Gasteiger partial charge >= 0.3 is 0 Å². The zero-order chi connectivity index (χ0) is 14.1. The van der Waals surface area contributed by atoms with Crippen LogP contribution in [-0.4, -0.2) is 33.9 Å². The molecule has 3 heterocycles. The van der Waals surface area contributed by atoms with Crippen molar-refractivity contribution in [3.63, 3.8) is 0 Å². The molecule has 1 aliphatic carbocycles. The summed E-state index contributed by atoms with van der Waals surface area (Å²) in [6.45, 7) is 1.71. The molecule has 0 amide bonds. The minimum absolute atomic E-state index is 0.416. The van der Waals surface area contributed by atoms with Gasteiger partial charge in [0.1, 0.15) is 0 Å². The topological polar surface area (TPSA) is 62.8 Å². The minimum Gasteiger partial charge on any atom is -0.376 e. The minimum atomic E-state index is 0.416. The normalized spacial score (nSPS) is 25.3. The Morgan fingerprint density at radius 3 is 3.05 bits per heavy atom. The molecule has 0 aromatic carbocycles. The lowest BCUT2D eigenvalue weighted by Gasteiger charge is -2.19. The number of hydrogen-bond donors (Lipinski definition) is 2. The molecule has 1 saturated carbocycles. The molecule has 2 aliphatic rings. The van der Waals surface area contributed by atoms with E-state index in [1.807, 2.05) is 18.5 Å². The van der Waals surface area contributed by atoms with Gasteiger partial charge in [-0.2, -0.15) is 5.10 Å². The van der Waals surface area contributed by atoms with Crippen LogP contribution in [0.25, 0.3) is 11.3 Å². The average molecular weight is 284 g/mol. The Hall–Kier alpha value is -1.72. The van der Waals surface area contributed by atoms with Gasteiger partial charge in [-0.15, -0.1) is 0 Å². The molecule has 0 bridgehead atoms. The van der Waals surface area contributed by atoms with Crippen LogP contribution < -0.4 is 5.32 Å². The third-order valence-corrected chi connectivity index (χ3v) is 4.45. The summed E-state index contributed by atoms with van der Waals surface area (Å²) in [5.74, 6) is 0.784. The standard InChI is InChI=1S/C16H20N4O/c1-2-12(8-17-6-1)15-13(10-19-20-15)9-18-14-5-7-21-16(14)11-3-4-11/h1-2,6,8,10-11,14,16,18H,3-5,7,9H2,(H,19,20). The SMILES string of the molecule is c1cncc(-c2[nH]ncc2CNC2CCOC2C2CC2)c1. The molecule has 2 aromatic rings. The second kappa shape index (κ2) is 5.58. The first kappa shape index (κ1) is 13.0. The Balaban J connectivity index is 1.45. The lowest BCUT2D eigenvalue weighted by atomic mass is 10.1. The highest BCUT2D eigenvalue weighted by atomic mass is 16.5. The zero-order valence-electron chi connectivity index (χ0n) is 12.0. The predicted octanol–water partition coefficient (Wildman–Crippen LogP) is 2.13. The lowest BCUT2D eigenvalue weighted by molar-refractivity contribution is 0.0809. The van der Waals surface area contributed by atoms with Gasteiger partial charge in [0.25, 0.3) is 0 Å². The number of rotatable bonds is 5. The smallest absolute Gasteiger partial charge is 0.0757 e. The number of aromatic amines is 1. The second-order valence-electron chi connectivity index (χ2n) is 5.96. The van der Waals surface area contributed by atoms with Crippen molar-refractivity contribution >= 4 is 0 Å². The van der Waals surface area contributed by atoms with E-state index in [9.17, 15) is 0 Å². The van der Waals surface area contributed by atoms with Crippen LogP contribution in [0, 0.1) is 5.92 Å². The van der Waals surface area contributed by atoms with Crippen LogP contribution in [-0.2, 0) is 11.3 Å². The van der Waals surface area contributed by atoms with E-state index in [2.05, 4.69) is 26.6 Å². The summed E-state index contributed by atoms with van der Waals surface area (Å²) in [6, 6.07) is 4.48. The van der Waals surface area contributed by atoms with Crippen LogP contribution in [0.2, 0.25) is 0 Å². The van der Waals surface area contributed by atoms with Crippen LogP contribution in [0.5, 0.6) is 0 Å². The number of H-pyrrole nitrogens is 1. The number of pyridine rings is 1. The maximum Gasteiger partial charge on any atom is 0.0757 e. The number of nitrogens with one attached hydrogen (secondary N) is 2. The fourth-order valence-electron chi connectivity index (χ4n) is 3.17. The number of nitrogens with zero attached hydrogens (tertiary/aromatic N) is 2. The van der Waals surface area contributed by atoms with E-state index < -0.39 is 0 Å². The number of ether oxygens (including phenoxy) is 1. The van der Waals surface area contributed by atoms with Crippen molar-refractivity contribution in [3.8, 4) is 11.3 Å². The fourth-order valence-corrected chi connectivity index (χ4v) is 3.17. The van der Waals surface area contributed by atoms with Crippen LogP contribution in [0.4, 0.5) is 0 Å². The summed E-state index contributed by atoms with van der Waals surface area (Å²) in [5, 5.41) is 10.9. The molecule has 2 atom stereocenters. The Bertz CT molecular complexity index is 593. The monoisotopic (exact) mass is 284 g/mol. The Kier molecular flexibility index (Phi) is 3.45. The molecule has 21 heavy (non-hydrogen) atoms. The van der Waals surface area contributed by atoms with E-state index in [-0.39, 0.29) is 0 Å². The largest absolute Gasteiger partial charge is 0.376 e. The molecule has 2 aromatic heterocycles. The van der Waals surface area contributed by atoms with Crippen molar-refractivity contribution in [1.82, 2.24) is 20.5 Å². The molecule has 0 radical (unpaired) electrons. The quantitative estimate of drug-likeness (QED) is 0.883. The van der Waals surface area contributed by atoms with Crippen molar-refractivity contribution < 1.29 is 4.74 Å². The first-order chi connectivity index (χ1) is 10.4. The van der Waals surface area contributed by atoms with Crippen LogP contribution in [0.3, 0.4) is 0 Å². The van der Waals surface area contributed by atoms with Gasteiger partial charge in [0, 0.05) is 42.7 Å². The van der Waals surface area contributed by atoms with Gasteiger partial charge in [-0.05, 0) is 37.3 Å². The van der Waals surface area contributed by atoms with Gasteiger partial charge in [-0.1, -0.05) is 0 Å². The summed E-state index contributed by atoms with van der Waals surface area (Å²) in [6.07, 6.45) is 9.74. The number of aromatic nitrogens is 3. The van der Waals surface area contributed by atoms with Gasteiger partial charge in [0.05, 0.1) is 18.0 Å². The van der Waals surface area contributed by atoms with E-state index in [1.54, 1.807) is 6.20 Å². The van der Waals surface area contributed by atoms with Gasteiger partial charge in [-0.25, -0.2) is 0 Å². The van der Waals surface area contributed by atoms with Crippen LogP contribution in [0.1, 0.15) is 24.8 Å². The van der Waals surface area contributed by atoms with E-state index in [1.165, 1.54) is 18.4 Å². The van der Waals surface area contributed by atoms with Crippen molar-refractivity contribution in [2.75, 3.05) is 6.61 Å². The molecule has 5 heteroatoms. The molecular formula is C16H20N4O. The molecule has 2 fully saturated rings. The Morgan fingerprint density at radius 2 is 2.24 bits per heavy atom. The van der Waals surface area contributed by atoms with E-state index in [4.69, 9.17) is 4.74 Å². The van der Waals surface area contributed by atoms with Gasteiger partial charge in [0.15, 0.2) is 0 Å². The van der Waals surface area contributed by atoms with Crippen LogP contribution >= 0.6 is 0 Å². The molecule has 1 saturated heterocycles. The lowest BCUT2D eigenvalue weighted by Crippen LogP contribution is -2.37. The average Bonchev–Trinajstić information content (AvgIpc) is 3.09. The Labute approximate surface area is 124 Å². The molecule has 2 unspecified atom stereocenters. The first-order valence-electron chi connectivity index (χ1n) is 7.69. The highest BCUT2D eigenvalue weighted by Gasteiger charge is 2.40. The van der Waals surface area contributed by atoms with Crippen molar-refractivity contribution in [2.45, 2.75) is 38.0 Å². The third kappa shape index (κ3) is 2.71. The molecule has 110 valence electrons. The number of hydrogen-bond acceptors (Lipinski definition) is 4. The van der Waals surface area contributed by atoms with Crippen LogP contribution in [0.15, 0.2) is 30.7 Å². The molecule has 2 N–H and O–H groups in total. The maximum atomic E-state index is 5.88. The van der Waals surface area contributed by atoms with E-state index in [0.29, 0.717) is 12.1 Å². The fraction of sp³-hybridized carbons (Fsp3) is 0.500. The molecule has 1 aliphatic heterocycles. The first-order valence-corrected chi connectivity index (χ1v) is 7.69. The predicted molar refractivity (Wildman–Crippen MR) is 79.5 cm³/mol. The highest BCUT2D eigenvalue weighted by Crippen LogP contribution is 2.38. The summed E-state index contributed by atoms with van der Waals surface area (Å²) < 4.78 is 5.88. The van der Waals surface area contributed by atoms with E-state index in [0.717, 1.165) is 36.7 Å². The summed E-state index contributed by atoms with van der Waals surface area (Å²) in [7, 11) is 0. The van der Waals surface area contributed by atoms with Crippen molar-refractivity contribution in [2.24, 2.45) is 5.92 Å². The Morgan fingerprint density at radius 1 is 1.29 bits per heavy atom. The second-order valence-corrected chi connectivity index (χ2v) is 5.96. The van der Waals surface area contributed by atoms with Gasteiger partial charge < -0.3 is 10.1 Å². The molecule has 5 nitrogen and oxygen atoms in total. The summed E-state index contributed by atoms with van der Waals surface area (Å²) in [5.41, 5.74) is 3.31. The van der Waals surface area contributed by atoms with Gasteiger partial charge in [-0.3, -0.25) is 10.1 Å². The highest BCUT2D eigenvalue weighted by molar-refractivity contribution is 5.61. The summed E-state index contributed by atoms with van der Waals surface area (Å²) >= 11 is 0. The molecule has 0 spiro atoms. The summed E-state index contributed by atoms with van der Waals surface area (Å²) in [4.78, 5) is 4.17. The zero-order valence-corrected chi connectivity index (χ0v) is 12.0. The molecular weight excluding hydrogens is 264 g/mol. The third-order valence-electron chi connectivity index (χ3n) is 4.45. The van der Waals surface area contributed by atoms with Gasteiger partial charge in [0.2, 0.25) is 0 Å². The van der Waals surface area contributed by atoms with Crippen molar-refractivity contribution in [1.29, 1.82) is 0 Å². The molecule has 4 rings (SSSR count). The van der Waals surface area contributed by atoms with E-state index >= 15 is 0 Å². The van der Waals surface area contributed by atoms with Crippen molar-refractivity contribution in [3.05, 3.63) is 36.3 Å². The maximum absolute atomic E-state index is 5.88.